The van der Waals surface area contributed by atoms with Gasteiger partial charge < -0.3 is 0 Å². The van der Waals surface area contributed by atoms with Gasteiger partial charge in [0.25, 0.3) is 0 Å². The third kappa shape index (κ3) is 4.54. The van der Waals surface area contributed by atoms with Gasteiger partial charge in [0.15, 0.2) is 9.84 Å². The summed E-state index contributed by atoms with van der Waals surface area (Å²) in [6, 6.07) is 6.76. The Morgan fingerprint density at radius 3 is 2.29 bits per heavy atom. The van der Waals surface area contributed by atoms with Crippen LogP contribution in [0, 0.1) is 0 Å². The van der Waals surface area contributed by atoms with E-state index < -0.39 is 25.9 Å². The van der Waals surface area contributed by atoms with Crippen molar-refractivity contribution in [3.63, 3.8) is 0 Å². The molecule has 2 aromatic rings. The molecule has 0 aliphatic rings. The molecule has 0 saturated heterocycles. The number of sulfone groups is 1. The molecule has 1 aromatic heterocycles. The Kier molecular flexibility index (Phi) is 5.71. The van der Waals surface area contributed by atoms with E-state index in [0.717, 1.165) is 6.26 Å². The van der Waals surface area contributed by atoms with Crippen LogP contribution in [-0.2, 0) is 19.9 Å². The molecule has 0 aliphatic heterocycles. The monoisotopic (exact) mass is 452 g/mol. The number of rotatable bonds is 5. The standard InChI is InChI=1S/C14H14BrClN2O4S2/c1-9(10-3-5-12(6-4-10)23(2,19)20)18-24(21,22)13-7-11(15)8-17-14(13)16/h3-9,18H,1-2H3. The van der Waals surface area contributed by atoms with Crippen molar-refractivity contribution in [2.45, 2.75) is 22.8 Å². The Hall–Kier alpha value is -1.00. The third-order valence-corrected chi connectivity index (χ3v) is 6.73. The zero-order chi connectivity index (χ0) is 18.1. The summed E-state index contributed by atoms with van der Waals surface area (Å²) in [5, 5.41) is -0.134. The molecule has 0 bridgehead atoms. The van der Waals surface area contributed by atoms with Crippen LogP contribution in [0.4, 0.5) is 0 Å². The maximum atomic E-state index is 12.5. The molecule has 0 spiro atoms. The van der Waals surface area contributed by atoms with Crippen LogP contribution in [-0.4, -0.2) is 28.1 Å². The number of pyridine rings is 1. The van der Waals surface area contributed by atoms with Crippen LogP contribution in [0.15, 0.2) is 50.8 Å². The van der Waals surface area contributed by atoms with Crippen LogP contribution in [0.2, 0.25) is 5.15 Å². The molecule has 24 heavy (non-hydrogen) atoms. The van der Waals surface area contributed by atoms with E-state index in [9.17, 15) is 16.8 Å². The number of aromatic nitrogens is 1. The summed E-state index contributed by atoms with van der Waals surface area (Å²) in [5.41, 5.74) is 0.616. The molecule has 2 rings (SSSR count). The lowest BCUT2D eigenvalue weighted by atomic mass is 10.1. The summed E-state index contributed by atoms with van der Waals surface area (Å²) in [7, 11) is -7.20. The number of hydrogen-bond donors (Lipinski definition) is 1. The zero-order valence-electron chi connectivity index (χ0n) is 12.7. The Morgan fingerprint density at radius 2 is 1.75 bits per heavy atom. The second kappa shape index (κ2) is 7.09. The van der Waals surface area contributed by atoms with E-state index in [0.29, 0.717) is 10.0 Å². The summed E-state index contributed by atoms with van der Waals surface area (Å²) < 4.78 is 50.8. The molecule has 0 saturated carbocycles. The van der Waals surface area contributed by atoms with E-state index >= 15 is 0 Å². The minimum atomic E-state index is -3.89. The van der Waals surface area contributed by atoms with Gasteiger partial charge in [0, 0.05) is 23.0 Å². The van der Waals surface area contributed by atoms with Crippen molar-refractivity contribution in [1.82, 2.24) is 9.71 Å². The number of nitrogens with zero attached hydrogens (tertiary/aromatic N) is 1. The molecule has 0 radical (unpaired) electrons. The first-order chi connectivity index (χ1) is 11.0. The van der Waals surface area contributed by atoms with Crippen LogP contribution in [0.5, 0.6) is 0 Å². The molecule has 0 amide bonds. The van der Waals surface area contributed by atoms with Gasteiger partial charge in [-0.1, -0.05) is 23.7 Å². The second-order valence-electron chi connectivity index (χ2n) is 5.13. The van der Waals surface area contributed by atoms with Crippen molar-refractivity contribution in [2.75, 3.05) is 6.26 Å². The summed E-state index contributed by atoms with van der Waals surface area (Å²) in [6.45, 7) is 1.65. The zero-order valence-corrected chi connectivity index (χ0v) is 16.7. The molecule has 0 aliphatic carbocycles. The Morgan fingerprint density at radius 1 is 1.17 bits per heavy atom. The number of halogens is 2. The van der Waals surface area contributed by atoms with Gasteiger partial charge in [0.05, 0.1) is 4.90 Å². The lowest BCUT2D eigenvalue weighted by molar-refractivity contribution is 0.566. The van der Waals surface area contributed by atoms with Crippen LogP contribution >= 0.6 is 27.5 Å². The highest BCUT2D eigenvalue weighted by Crippen LogP contribution is 2.25. The number of hydrogen-bond acceptors (Lipinski definition) is 5. The lowest BCUT2D eigenvalue weighted by Crippen LogP contribution is -2.27. The third-order valence-electron chi connectivity index (χ3n) is 3.20. The SMILES string of the molecule is CC(NS(=O)(=O)c1cc(Br)cnc1Cl)c1ccc(S(C)(=O)=O)cc1. The largest absolute Gasteiger partial charge is 0.244 e. The first-order valence-electron chi connectivity index (χ1n) is 6.64. The highest BCUT2D eigenvalue weighted by atomic mass is 79.9. The number of benzene rings is 1. The lowest BCUT2D eigenvalue weighted by Gasteiger charge is -2.15. The molecule has 1 unspecified atom stereocenters. The van der Waals surface area contributed by atoms with E-state index in [1.165, 1.54) is 24.4 Å². The maximum absolute atomic E-state index is 12.5. The molecule has 10 heteroatoms. The first-order valence-corrected chi connectivity index (χ1v) is 11.2. The molecule has 1 N–H and O–H groups in total. The fourth-order valence-corrected chi connectivity index (χ4v) is 4.77. The molecule has 130 valence electrons. The average molecular weight is 454 g/mol. The molecule has 6 nitrogen and oxygen atoms in total. The summed E-state index contributed by atoms with van der Waals surface area (Å²) in [6.07, 6.45) is 2.51. The maximum Gasteiger partial charge on any atom is 0.244 e. The van der Waals surface area contributed by atoms with E-state index in [2.05, 4.69) is 25.6 Å². The normalized spacial score (nSPS) is 13.7. The van der Waals surface area contributed by atoms with Crippen molar-refractivity contribution in [1.29, 1.82) is 0 Å². The van der Waals surface area contributed by atoms with Crippen LogP contribution in [0.25, 0.3) is 0 Å². The minimum absolute atomic E-state index is 0.134. The van der Waals surface area contributed by atoms with Gasteiger partial charge >= 0.3 is 0 Å². The summed E-state index contributed by atoms with van der Waals surface area (Å²) in [5.74, 6) is 0. The van der Waals surface area contributed by atoms with E-state index in [1.54, 1.807) is 19.1 Å². The fourth-order valence-electron chi connectivity index (χ4n) is 1.96. The quantitative estimate of drug-likeness (QED) is 0.703. The van der Waals surface area contributed by atoms with Gasteiger partial charge in [-0.25, -0.2) is 26.5 Å². The van der Waals surface area contributed by atoms with Gasteiger partial charge in [-0.05, 0) is 46.6 Å². The van der Waals surface area contributed by atoms with Crippen LogP contribution in [0.3, 0.4) is 0 Å². The molecule has 0 fully saturated rings. The highest BCUT2D eigenvalue weighted by Gasteiger charge is 2.22. The van der Waals surface area contributed by atoms with Gasteiger partial charge in [-0.3, -0.25) is 0 Å². The number of nitrogens with one attached hydrogen (secondary N) is 1. The van der Waals surface area contributed by atoms with Gasteiger partial charge in [0.1, 0.15) is 10.0 Å². The molecule has 1 aromatic carbocycles. The predicted molar refractivity (Wildman–Crippen MR) is 95.2 cm³/mol. The smallest absolute Gasteiger partial charge is 0.242 e. The van der Waals surface area contributed by atoms with Crippen molar-refractivity contribution in [3.8, 4) is 0 Å². The Bertz CT molecular complexity index is 961. The Labute approximate surface area is 154 Å². The van der Waals surface area contributed by atoms with Crippen molar-refractivity contribution in [2.24, 2.45) is 0 Å². The van der Waals surface area contributed by atoms with Crippen molar-refractivity contribution >= 4 is 47.4 Å². The van der Waals surface area contributed by atoms with Crippen LogP contribution in [0.1, 0.15) is 18.5 Å². The average Bonchev–Trinajstić information content (AvgIpc) is 2.48. The Balaban J connectivity index is 2.28. The first kappa shape index (κ1) is 19.3. The van der Waals surface area contributed by atoms with E-state index in [-0.39, 0.29) is 14.9 Å². The molecule has 1 atom stereocenters. The summed E-state index contributed by atoms with van der Waals surface area (Å²) >= 11 is 9.02. The van der Waals surface area contributed by atoms with Gasteiger partial charge in [-0.15, -0.1) is 0 Å². The van der Waals surface area contributed by atoms with Crippen molar-refractivity contribution in [3.05, 3.63) is 51.7 Å². The second-order valence-corrected chi connectivity index (χ2v) is 10.1. The fraction of sp³-hybridized carbons (Fsp3) is 0.214. The topological polar surface area (TPSA) is 93.2 Å². The van der Waals surface area contributed by atoms with E-state index in [4.69, 9.17) is 11.6 Å². The van der Waals surface area contributed by atoms with Gasteiger partial charge in [0.2, 0.25) is 10.0 Å². The molecule has 1 heterocycles. The summed E-state index contributed by atoms with van der Waals surface area (Å²) in [4.78, 5) is 3.82. The molecular formula is C14H14BrClN2O4S2. The van der Waals surface area contributed by atoms with Gasteiger partial charge in [-0.2, -0.15) is 0 Å². The van der Waals surface area contributed by atoms with E-state index in [1.807, 2.05) is 0 Å². The predicted octanol–water partition coefficient (Wildman–Crippen LogP) is 2.94. The highest BCUT2D eigenvalue weighted by molar-refractivity contribution is 9.10. The minimum Gasteiger partial charge on any atom is -0.242 e. The molecular weight excluding hydrogens is 440 g/mol. The van der Waals surface area contributed by atoms with Crippen LogP contribution < -0.4 is 4.72 Å². The number of sulfonamides is 1. The van der Waals surface area contributed by atoms with Crippen molar-refractivity contribution < 1.29 is 16.8 Å².